The van der Waals surface area contributed by atoms with Crippen molar-refractivity contribution in [1.82, 2.24) is 4.98 Å². The monoisotopic (exact) mass is 262 g/mol. The summed E-state index contributed by atoms with van der Waals surface area (Å²) >= 11 is 6.04. The van der Waals surface area contributed by atoms with Gasteiger partial charge in [-0.25, -0.2) is 4.98 Å². The summed E-state index contributed by atoms with van der Waals surface area (Å²) < 4.78 is 0. The molecular formula is C15H19ClN2. The number of nitrogens with zero attached hydrogens (tertiary/aromatic N) is 2. The van der Waals surface area contributed by atoms with Gasteiger partial charge in [0.05, 0.1) is 5.52 Å². The fourth-order valence-corrected chi connectivity index (χ4v) is 2.27. The van der Waals surface area contributed by atoms with Crippen LogP contribution >= 0.6 is 11.6 Å². The van der Waals surface area contributed by atoms with E-state index in [-0.39, 0.29) is 0 Å². The number of unbranched alkanes of at least 4 members (excludes halogenated alkanes) is 1. The Bertz CT molecular complexity index is 525. The van der Waals surface area contributed by atoms with E-state index in [4.69, 9.17) is 16.6 Å². The second-order valence-corrected chi connectivity index (χ2v) is 4.83. The van der Waals surface area contributed by atoms with Crippen molar-refractivity contribution in [1.29, 1.82) is 0 Å². The van der Waals surface area contributed by atoms with Gasteiger partial charge in [0.1, 0.15) is 5.82 Å². The third-order valence-electron chi connectivity index (χ3n) is 3.17. The number of pyridine rings is 1. The van der Waals surface area contributed by atoms with Crippen molar-refractivity contribution < 1.29 is 0 Å². The summed E-state index contributed by atoms with van der Waals surface area (Å²) in [7, 11) is 2.09. The molecule has 0 fully saturated rings. The minimum atomic E-state index is 0.525. The number of hydrogen-bond donors (Lipinski definition) is 0. The lowest BCUT2D eigenvalue weighted by Gasteiger charge is -2.19. The zero-order valence-electron chi connectivity index (χ0n) is 11.0. The van der Waals surface area contributed by atoms with Gasteiger partial charge in [0, 0.05) is 24.9 Å². The van der Waals surface area contributed by atoms with Crippen LogP contribution in [0, 0.1) is 0 Å². The van der Waals surface area contributed by atoms with Crippen molar-refractivity contribution in [3.63, 3.8) is 0 Å². The molecule has 2 aromatic rings. The Balaban J connectivity index is 2.40. The van der Waals surface area contributed by atoms with Gasteiger partial charge >= 0.3 is 0 Å². The highest BCUT2D eigenvalue weighted by Gasteiger charge is 2.07. The molecular weight excluding hydrogens is 244 g/mol. The maximum atomic E-state index is 6.04. The molecule has 0 saturated carbocycles. The second-order valence-electron chi connectivity index (χ2n) is 4.57. The molecule has 0 N–H and O–H groups in total. The molecule has 1 heterocycles. The predicted molar refractivity (Wildman–Crippen MR) is 79.5 cm³/mol. The largest absolute Gasteiger partial charge is 0.360 e. The van der Waals surface area contributed by atoms with E-state index in [2.05, 4.69) is 31.0 Å². The number of alkyl halides is 1. The first-order chi connectivity index (χ1) is 8.76. The van der Waals surface area contributed by atoms with Gasteiger partial charge in [0.15, 0.2) is 0 Å². The molecule has 2 rings (SSSR count). The lowest BCUT2D eigenvalue weighted by molar-refractivity contribution is 0.760. The molecule has 0 aliphatic carbocycles. The Labute approximate surface area is 114 Å². The van der Waals surface area contributed by atoms with Crippen LogP contribution in [0.15, 0.2) is 30.3 Å². The summed E-state index contributed by atoms with van der Waals surface area (Å²) in [6.07, 6.45) is 2.38. The molecule has 96 valence electrons. The first kappa shape index (κ1) is 13.2. The molecule has 2 nitrogen and oxygen atoms in total. The van der Waals surface area contributed by atoms with Crippen LogP contribution in [0.1, 0.15) is 25.3 Å². The molecule has 0 saturated heterocycles. The fourth-order valence-electron chi connectivity index (χ4n) is 2.05. The Morgan fingerprint density at radius 3 is 2.78 bits per heavy atom. The smallest absolute Gasteiger partial charge is 0.129 e. The average molecular weight is 263 g/mol. The van der Waals surface area contributed by atoms with E-state index < -0.39 is 0 Å². The Morgan fingerprint density at radius 1 is 1.28 bits per heavy atom. The number of rotatable bonds is 5. The number of anilines is 1. The van der Waals surface area contributed by atoms with E-state index in [1.165, 1.54) is 12.8 Å². The quantitative estimate of drug-likeness (QED) is 0.751. The van der Waals surface area contributed by atoms with Crippen LogP contribution in [0.3, 0.4) is 0 Å². The van der Waals surface area contributed by atoms with Crippen molar-refractivity contribution in [2.24, 2.45) is 0 Å². The first-order valence-corrected chi connectivity index (χ1v) is 6.95. The third kappa shape index (κ3) is 2.75. The zero-order chi connectivity index (χ0) is 13.0. The summed E-state index contributed by atoms with van der Waals surface area (Å²) in [4.78, 5) is 6.90. The van der Waals surface area contributed by atoms with Crippen LogP contribution in [-0.2, 0) is 5.88 Å². The van der Waals surface area contributed by atoms with E-state index in [1.807, 2.05) is 18.2 Å². The Hall–Kier alpha value is -1.28. The van der Waals surface area contributed by atoms with Gasteiger partial charge in [-0.1, -0.05) is 31.5 Å². The van der Waals surface area contributed by atoms with Crippen LogP contribution < -0.4 is 4.90 Å². The average Bonchev–Trinajstić information content (AvgIpc) is 2.43. The molecule has 0 unspecified atom stereocenters. The van der Waals surface area contributed by atoms with Gasteiger partial charge in [-0.2, -0.15) is 0 Å². The minimum Gasteiger partial charge on any atom is -0.360 e. The van der Waals surface area contributed by atoms with E-state index in [0.717, 1.165) is 28.8 Å². The minimum absolute atomic E-state index is 0.525. The van der Waals surface area contributed by atoms with Crippen LogP contribution in [-0.4, -0.2) is 18.6 Å². The second kappa shape index (κ2) is 6.05. The van der Waals surface area contributed by atoms with E-state index in [9.17, 15) is 0 Å². The summed E-state index contributed by atoms with van der Waals surface area (Å²) in [5, 5.41) is 1.15. The van der Waals surface area contributed by atoms with Crippen LogP contribution in [0.2, 0.25) is 0 Å². The molecule has 3 heteroatoms. The molecule has 0 spiro atoms. The molecule has 1 aromatic carbocycles. The van der Waals surface area contributed by atoms with Crippen molar-refractivity contribution in [2.75, 3.05) is 18.5 Å². The molecule has 0 aliphatic heterocycles. The molecule has 0 amide bonds. The summed E-state index contributed by atoms with van der Waals surface area (Å²) in [6.45, 7) is 3.23. The predicted octanol–water partition coefficient (Wildman–Crippen LogP) is 4.21. The van der Waals surface area contributed by atoms with Crippen molar-refractivity contribution in [3.05, 3.63) is 35.9 Å². The standard InChI is InChI=1S/C15H19ClN2/c1-3-4-9-18(2)15-10-12(11-16)13-7-5-6-8-14(13)17-15/h5-8,10H,3-4,9,11H2,1-2H3. The zero-order valence-corrected chi connectivity index (χ0v) is 11.7. The normalized spacial score (nSPS) is 10.8. The fraction of sp³-hybridized carbons (Fsp3) is 0.400. The SMILES string of the molecule is CCCCN(C)c1cc(CCl)c2ccccc2n1. The highest BCUT2D eigenvalue weighted by Crippen LogP contribution is 2.23. The van der Waals surface area contributed by atoms with Gasteiger partial charge in [-0.3, -0.25) is 0 Å². The number of benzene rings is 1. The van der Waals surface area contributed by atoms with Gasteiger partial charge in [-0.05, 0) is 24.1 Å². The van der Waals surface area contributed by atoms with Crippen LogP contribution in [0.25, 0.3) is 10.9 Å². The summed E-state index contributed by atoms with van der Waals surface area (Å²) in [5.74, 6) is 1.54. The molecule has 0 radical (unpaired) electrons. The van der Waals surface area contributed by atoms with Gasteiger partial charge in [0.25, 0.3) is 0 Å². The lowest BCUT2D eigenvalue weighted by atomic mass is 10.1. The van der Waals surface area contributed by atoms with Crippen LogP contribution in [0.5, 0.6) is 0 Å². The Morgan fingerprint density at radius 2 is 2.06 bits per heavy atom. The van der Waals surface area contributed by atoms with Gasteiger partial charge < -0.3 is 4.90 Å². The van der Waals surface area contributed by atoms with Gasteiger partial charge in [0.2, 0.25) is 0 Å². The van der Waals surface area contributed by atoms with Crippen molar-refractivity contribution in [3.8, 4) is 0 Å². The number of fused-ring (bicyclic) bond motifs is 1. The molecule has 0 bridgehead atoms. The first-order valence-electron chi connectivity index (χ1n) is 6.42. The summed E-state index contributed by atoms with van der Waals surface area (Å²) in [6, 6.07) is 10.3. The maximum absolute atomic E-state index is 6.04. The van der Waals surface area contributed by atoms with Gasteiger partial charge in [-0.15, -0.1) is 11.6 Å². The van der Waals surface area contributed by atoms with Crippen LogP contribution in [0.4, 0.5) is 5.82 Å². The summed E-state index contributed by atoms with van der Waals surface area (Å²) in [5.41, 5.74) is 2.18. The Kier molecular flexibility index (Phi) is 4.43. The number of halogens is 1. The van der Waals surface area contributed by atoms with Crippen molar-refractivity contribution >= 4 is 28.3 Å². The molecule has 0 aliphatic rings. The number of aromatic nitrogens is 1. The van der Waals surface area contributed by atoms with E-state index in [0.29, 0.717) is 5.88 Å². The van der Waals surface area contributed by atoms with E-state index >= 15 is 0 Å². The number of hydrogen-bond acceptors (Lipinski definition) is 2. The highest BCUT2D eigenvalue weighted by molar-refractivity contribution is 6.18. The molecule has 1 aromatic heterocycles. The highest BCUT2D eigenvalue weighted by atomic mass is 35.5. The number of para-hydroxylation sites is 1. The maximum Gasteiger partial charge on any atom is 0.129 e. The molecule has 18 heavy (non-hydrogen) atoms. The molecule has 0 atom stereocenters. The third-order valence-corrected chi connectivity index (χ3v) is 3.46. The lowest BCUT2D eigenvalue weighted by Crippen LogP contribution is -2.19. The topological polar surface area (TPSA) is 16.1 Å². The van der Waals surface area contributed by atoms with Crippen molar-refractivity contribution in [2.45, 2.75) is 25.6 Å². The van der Waals surface area contributed by atoms with E-state index in [1.54, 1.807) is 0 Å².